The van der Waals surface area contributed by atoms with Crippen molar-refractivity contribution < 1.29 is 0 Å². The van der Waals surface area contributed by atoms with Crippen LogP contribution in [0.25, 0.3) is 28.2 Å². The topological polar surface area (TPSA) is 67.1 Å². The fourth-order valence-electron chi connectivity index (χ4n) is 4.43. The van der Waals surface area contributed by atoms with Crippen LogP contribution in [0.4, 0.5) is 11.6 Å². The van der Waals surface area contributed by atoms with E-state index in [-0.39, 0.29) is 0 Å². The van der Waals surface area contributed by atoms with E-state index in [0.29, 0.717) is 6.04 Å². The average molecular weight is 413 g/mol. The third-order valence-corrected chi connectivity index (χ3v) is 6.02. The second-order valence-corrected chi connectivity index (χ2v) is 8.33. The van der Waals surface area contributed by atoms with Crippen molar-refractivity contribution >= 4 is 17.3 Å². The van der Waals surface area contributed by atoms with Gasteiger partial charge in [-0.2, -0.15) is 0 Å². The van der Waals surface area contributed by atoms with Gasteiger partial charge in [0.05, 0.1) is 5.69 Å². The molecule has 6 heteroatoms. The quantitative estimate of drug-likeness (QED) is 0.450. The summed E-state index contributed by atoms with van der Waals surface area (Å²) < 4.78 is 1.93. The highest BCUT2D eigenvalue weighted by Crippen LogP contribution is 2.34. The number of pyridine rings is 1. The van der Waals surface area contributed by atoms with Gasteiger partial charge in [0, 0.05) is 30.4 Å². The van der Waals surface area contributed by atoms with E-state index < -0.39 is 0 Å². The SMILES string of the molecule is CNc1ccc2nc(-c3cccc(C)c3)c(-c3ccnc(NC4CCCCC4)c3)n2n1. The van der Waals surface area contributed by atoms with Gasteiger partial charge in [0.1, 0.15) is 17.3 Å². The minimum Gasteiger partial charge on any atom is -0.372 e. The van der Waals surface area contributed by atoms with E-state index in [1.54, 1.807) is 0 Å². The number of anilines is 2. The second-order valence-electron chi connectivity index (χ2n) is 8.33. The Kier molecular flexibility index (Phi) is 5.28. The van der Waals surface area contributed by atoms with E-state index in [2.05, 4.69) is 52.9 Å². The van der Waals surface area contributed by atoms with Crippen LogP contribution in [0, 0.1) is 6.92 Å². The molecular weight excluding hydrogens is 384 g/mol. The minimum atomic E-state index is 0.504. The summed E-state index contributed by atoms with van der Waals surface area (Å²) in [5, 5.41) is 11.6. The molecular formula is C25H28N6. The fourth-order valence-corrected chi connectivity index (χ4v) is 4.43. The van der Waals surface area contributed by atoms with Crippen LogP contribution in [0.1, 0.15) is 37.7 Å². The molecule has 0 bridgehead atoms. The van der Waals surface area contributed by atoms with Crippen LogP contribution >= 0.6 is 0 Å². The molecule has 1 aliphatic carbocycles. The molecule has 0 unspecified atom stereocenters. The highest BCUT2D eigenvalue weighted by Gasteiger charge is 2.19. The van der Waals surface area contributed by atoms with Gasteiger partial charge in [0.15, 0.2) is 5.65 Å². The lowest BCUT2D eigenvalue weighted by Crippen LogP contribution is -2.22. The summed E-state index contributed by atoms with van der Waals surface area (Å²) in [6.07, 6.45) is 8.22. The molecule has 1 saturated carbocycles. The van der Waals surface area contributed by atoms with Gasteiger partial charge in [-0.05, 0) is 50.1 Å². The smallest absolute Gasteiger partial charge is 0.155 e. The van der Waals surface area contributed by atoms with Crippen molar-refractivity contribution in [1.29, 1.82) is 0 Å². The molecule has 1 fully saturated rings. The standard InChI is InChI=1S/C25H28N6/c1-17-7-6-8-18(15-17)24-25(31-23(29-24)12-11-21(26-2)30-31)19-13-14-27-22(16-19)28-20-9-4-3-5-10-20/h6-8,11-16,20H,3-5,9-10H2,1-2H3,(H,26,30)(H,27,28). The molecule has 31 heavy (non-hydrogen) atoms. The van der Waals surface area contributed by atoms with Crippen molar-refractivity contribution in [3.63, 3.8) is 0 Å². The van der Waals surface area contributed by atoms with E-state index in [0.717, 1.165) is 39.8 Å². The van der Waals surface area contributed by atoms with Crippen molar-refractivity contribution in [3.05, 3.63) is 60.3 Å². The molecule has 0 amide bonds. The van der Waals surface area contributed by atoms with E-state index in [1.165, 1.54) is 37.7 Å². The molecule has 3 heterocycles. The zero-order valence-corrected chi connectivity index (χ0v) is 18.1. The summed E-state index contributed by atoms with van der Waals surface area (Å²) in [6.45, 7) is 2.11. The van der Waals surface area contributed by atoms with Crippen LogP contribution in [-0.2, 0) is 0 Å². The number of hydrogen-bond donors (Lipinski definition) is 2. The van der Waals surface area contributed by atoms with Crippen LogP contribution in [0.3, 0.4) is 0 Å². The molecule has 158 valence electrons. The van der Waals surface area contributed by atoms with E-state index in [1.807, 2.05) is 36.0 Å². The molecule has 1 aromatic carbocycles. The normalized spacial score (nSPS) is 14.6. The number of hydrogen-bond acceptors (Lipinski definition) is 5. The number of fused-ring (bicyclic) bond motifs is 1. The summed E-state index contributed by atoms with van der Waals surface area (Å²) >= 11 is 0. The lowest BCUT2D eigenvalue weighted by Gasteiger charge is -2.23. The molecule has 3 aromatic heterocycles. The highest BCUT2D eigenvalue weighted by molar-refractivity contribution is 5.82. The third kappa shape index (κ3) is 3.98. The Morgan fingerprint density at radius 2 is 1.81 bits per heavy atom. The van der Waals surface area contributed by atoms with Crippen molar-refractivity contribution in [2.24, 2.45) is 0 Å². The monoisotopic (exact) mass is 412 g/mol. The first-order valence-electron chi connectivity index (χ1n) is 11.1. The van der Waals surface area contributed by atoms with Crippen molar-refractivity contribution in [1.82, 2.24) is 19.6 Å². The summed E-state index contributed by atoms with van der Waals surface area (Å²) in [4.78, 5) is 9.55. The fraction of sp³-hybridized carbons (Fsp3) is 0.320. The molecule has 6 nitrogen and oxygen atoms in total. The van der Waals surface area contributed by atoms with Crippen LogP contribution in [0.15, 0.2) is 54.7 Å². The van der Waals surface area contributed by atoms with Crippen molar-refractivity contribution in [3.8, 4) is 22.5 Å². The lowest BCUT2D eigenvalue weighted by molar-refractivity contribution is 0.462. The van der Waals surface area contributed by atoms with Gasteiger partial charge in [-0.15, -0.1) is 5.10 Å². The molecule has 0 atom stereocenters. The number of aromatic nitrogens is 4. The third-order valence-electron chi connectivity index (χ3n) is 6.02. The van der Waals surface area contributed by atoms with Gasteiger partial charge >= 0.3 is 0 Å². The Labute approximate surface area is 182 Å². The maximum absolute atomic E-state index is 4.95. The Morgan fingerprint density at radius 1 is 0.935 bits per heavy atom. The van der Waals surface area contributed by atoms with Crippen LogP contribution in [-0.4, -0.2) is 32.7 Å². The highest BCUT2D eigenvalue weighted by atomic mass is 15.3. The van der Waals surface area contributed by atoms with E-state index in [4.69, 9.17) is 10.1 Å². The number of rotatable bonds is 5. The van der Waals surface area contributed by atoms with E-state index in [9.17, 15) is 0 Å². The zero-order valence-electron chi connectivity index (χ0n) is 18.1. The Hall–Kier alpha value is -3.41. The van der Waals surface area contributed by atoms with Crippen LogP contribution in [0.5, 0.6) is 0 Å². The Bertz CT molecular complexity index is 1210. The average Bonchev–Trinajstić information content (AvgIpc) is 3.19. The number of nitrogens with one attached hydrogen (secondary N) is 2. The first-order valence-corrected chi connectivity index (χ1v) is 11.1. The molecule has 4 aromatic rings. The number of nitrogens with zero attached hydrogens (tertiary/aromatic N) is 4. The van der Waals surface area contributed by atoms with Gasteiger partial charge in [-0.3, -0.25) is 0 Å². The molecule has 0 radical (unpaired) electrons. The minimum absolute atomic E-state index is 0.504. The number of imidazole rings is 1. The molecule has 0 spiro atoms. The molecule has 0 aliphatic heterocycles. The van der Waals surface area contributed by atoms with Gasteiger partial charge in [-0.25, -0.2) is 14.5 Å². The van der Waals surface area contributed by atoms with Crippen molar-refractivity contribution in [2.45, 2.75) is 45.1 Å². The van der Waals surface area contributed by atoms with Gasteiger partial charge in [-0.1, -0.05) is 43.0 Å². The predicted molar refractivity (Wildman–Crippen MR) is 126 cm³/mol. The van der Waals surface area contributed by atoms with Crippen LogP contribution in [0.2, 0.25) is 0 Å². The van der Waals surface area contributed by atoms with Gasteiger partial charge in [0.2, 0.25) is 0 Å². The lowest BCUT2D eigenvalue weighted by atomic mass is 9.95. The predicted octanol–water partition coefficient (Wildman–Crippen LogP) is 5.55. The maximum Gasteiger partial charge on any atom is 0.155 e. The van der Waals surface area contributed by atoms with Gasteiger partial charge < -0.3 is 10.6 Å². The van der Waals surface area contributed by atoms with Gasteiger partial charge in [0.25, 0.3) is 0 Å². The van der Waals surface area contributed by atoms with Crippen LogP contribution < -0.4 is 10.6 Å². The zero-order chi connectivity index (χ0) is 21.2. The summed E-state index contributed by atoms with van der Waals surface area (Å²) in [5.41, 5.74) is 6.08. The molecule has 0 saturated heterocycles. The summed E-state index contributed by atoms with van der Waals surface area (Å²) in [6, 6.07) is 17.1. The second kappa shape index (κ2) is 8.38. The largest absolute Gasteiger partial charge is 0.372 e. The Morgan fingerprint density at radius 3 is 2.61 bits per heavy atom. The first kappa shape index (κ1) is 19.5. The molecule has 2 N–H and O–H groups in total. The Balaban J connectivity index is 1.64. The number of aryl methyl sites for hydroxylation is 1. The molecule has 5 rings (SSSR count). The maximum atomic E-state index is 4.95. The van der Waals surface area contributed by atoms with Crippen molar-refractivity contribution in [2.75, 3.05) is 17.7 Å². The number of benzene rings is 1. The summed E-state index contributed by atoms with van der Waals surface area (Å²) in [5.74, 6) is 1.72. The molecule has 1 aliphatic rings. The first-order chi connectivity index (χ1) is 15.2. The van der Waals surface area contributed by atoms with E-state index >= 15 is 0 Å². The summed E-state index contributed by atoms with van der Waals surface area (Å²) in [7, 11) is 1.88.